The number of nitriles is 1. The molecule has 1 heterocycles. The van der Waals surface area contributed by atoms with E-state index in [4.69, 9.17) is 16.2 Å². The molecule has 0 amide bonds. The number of halogens is 2. The molecule has 0 radical (unpaired) electrons. The van der Waals surface area contributed by atoms with Crippen molar-refractivity contribution in [2.45, 2.75) is 13.3 Å². The Labute approximate surface area is 125 Å². The largest absolute Gasteiger partial charge is 0.490 e. The molecule has 8 heteroatoms. The van der Waals surface area contributed by atoms with Gasteiger partial charge < -0.3 is 16.2 Å². The molecule has 1 aromatic heterocycles. The number of hydrogen-bond acceptors (Lipinski definition) is 6. The van der Waals surface area contributed by atoms with Gasteiger partial charge in [0.2, 0.25) is 5.95 Å². The topological polar surface area (TPSA) is 111 Å². The maximum Gasteiger partial charge on any atom is 0.222 e. The number of aromatic nitrogens is 2. The molecule has 2 rings (SSSR count). The first-order chi connectivity index (χ1) is 10.5. The molecule has 0 aliphatic heterocycles. The van der Waals surface area contributed by atoms with Gasteiger partial charge >= 0.3 is 0 Å². The van der Waals surface area contributed by atoms with E-state index in [1.165, 1.54) is 0 Å². The SMILES string of the molecule is CCCOc1c(F)cc(F)cc1-c1nc(N)nc(N)c1C#N. The number of rotatable bonds is 4. The van der Waals surface area contributed by atoms with Crippen LogP contribution in [0.5, 0.6) is 5.75 Å². The molecule has 0 unspecified atom stereocenters. The van der Waals surface area contributed by atoms with Gasteiger partial charge in [0.25, 0.3) is 0 Å². The zero-order valence-corrected chi connectivity index (χ0v) is 11.7. The molecule has 0 bridgehead atoms. The van der Waals surface area contributed by atoms with Crippen molar-refractivity contribution in [1.29, 1.82) is 5.26 Å². The van der Waals surface area contributed by atoms with Crippen LogP contribution in [0.4, 0.5) is 20.5 Å². The van der Waals surface area contributed by atoms with Crippen molar-refractivity contribution in [3.05, 3.63) is 29.3 Å². The van der Waals surface area contributed by atoms with Gasteiger partial charge in [-0.3, -0.25) is 0 Å². The fourth-order valence-electron chi connectivity index (χ4n) is 1.89. The minimum Gasteiger partial charge on any atom is -0.490 e. The van der Waals surface area contributed by atoms with Crippen molar-refractivity contribution in [3.8, 4) is 23.1 Å². The highest BCUT2D eigenvalue weighted by atomic mass is 19.1. The molecule has 22 heavy (non-hydrogen) atoms. The minimum atomic E-state index is -0.900. The van der Waals surface area contributed by atoms with Crippen LogP contribution in [0.2, 0.25) is 0 Å². The Bertz CT molecular complexity index is 758. The maximum atomic E-state index is 14.0. The number of nitrogen functional groups attached to an aromatic ring is 2. The van der Waals surface area contributed by atoms with E-state index >= 15 is 0 Å². The van der Waals surface area contributed by atoms with Gasteiger partial charge in [0, 0.05) is 11.6 Å². The number of nitrogens with two attached hydrogens (primary N) is 2. The van der Waals surface area contributed by atoms with E-state index in [1.54, 1.807) is 6.07 Å². The lowest BCUT2D eigenvalue weighted by Crippen LogP contribution is -2.07. The van der Waals surface area contributed by atoms with Gasteiger partial charge in [0.05, 0.1) is 12.3 Å². The standard InChI is InChI=1S/C14H13F2N5O/c1-2-3-22-12-8(4-7(15)5-10(12)16)11-9(6-17)13(18)21-14(19)20-11/h4-5H,2-3H2,1H3,(H4,18,19,20,21). The fourth-order valence-corrected chi connectivity index (χ4v) is 1.89. The third-order valence-corrected chi connectivity index (χ3v) is 2.78. The maximum absolute atomic E-state index is 14.0. The molecule has 6 nitrogen and oxygen atoms in total. The van der Waals surface area contributed by atoms with E-state index in [1.807, 2.05) is 6.92 Å². The highest BCUT2D eigenvalue weighted by molar-refractivity contribution is 5.77. The Hall–Kier alpha value is -2.95. The second-order valence-electron chi connectivity index (χ2n) is 4.42. The van der Waals surface area contributed by atoms with Gasteiger partial charge in [-0.25, -0.2) is 13.8 Å². The lowest BCUT2D eigenvalue weighted by Gasteiger charge is -2.13. The van der Waals surface area contributed by atoms with Crippen LogP contribution in [0.15, 0.2) is 12.1 Å². The van der Waals surface area contributed by atoms with Gasteiger partial charge in [-0.1, -0.05) is 6.92 Å². The Morgan fingerprint density at radius 1 is 1.27 bits per heavy atom. The van der Waals surface area contributed by atoms with Crippen LogP contribution >= 0.6 is 0 Å². The van der Waals surface area contributed by atoms with Gasteiger partial charge in [0.1, 0.15) is 23.3 Å². The summed E-state index contributed by atoms with van der Waals surface area (Å²) in [6.07, 6.45) is 0.620. The Balaban J connectivity index is 2.74. The van der Waals surface area contributed by atoms with Crippen molar-refractivity contribution < 1.29 is 13.5 Å². The smallest absolute Gasteiger partial charge is 0.222 e. The second kappa shape index (κ2) is 6.22. The molecule has 0 saturated carbocycles. The van der Waals surface area contributed by atoms with E-state index in [0.717, 1.165) is 6.07 Å². The first kappa shape index (κ1) is 15.4. The van der Waals surface area contributed by atoms with E-state index in [0.29, 0.717) is 12.5 Å². The van der Waals surface area contributed by atoms with Crippen molar-refractivity contribution in [2.24, 2.45) is 0 Å². The number of benzene rings is 1. The number of anilines is 2. The molecule has 0 fully saturated rings. The van der Waals surface area contributed by atoms with Crippen molar-refractivity contribution in [2.75, 3.05) is 18.1 Å². The number of nitrogens with zero attached hydrogens (tertiary/aromatic N) is 3. The van der Waals surface area contributed by atoms with Gasteiger partial charge in [-0.2, -0.15) is 10.2 Å². The average Bonchev–Trinajstić information content (AvgIpc) is 2.45. The summed E-state index contributed by atoms with van der Waals surface area (Å²) in [6, 6.07) is 3.50. The zero-order valence-electron chi connectivity index (χ0n) is 11.7. The van der Waals surface area contributed by atoms with Crippen LogP contribution in [0.3, 0.4) is 0 Å². The summed E-state index contributed by atoms with van der Waals surface area (Å²) in [4.78, 5) is 7.54. The predicted octanol–water partition coefficient (Wildman–Crippen LogP) is 2.25. The first-order valence-corrected chi connectivity index (χ1v) is 6.43. The lowest BCUT2D eigenvalue weighted by atomic mass is 10.1. The van der Waals surface area contributed by atoms with E-state index in [2.05, 4.69) is 9.97 Å². The van der Waals surface area contributed by atoms with Crippen LogP contribution in [0, 0.1) is 23.0 Å². The van der Waals surface area contributed by atoms with Crippen LogP contribution < -0.4 is 16.2 Å². The number of ether oxygens (including phenoxy) is 1. The Morgan fingerprint density at radius 2 is 2.00 bits per heavy atom. The van der Waals surface area contributed by atoms with Gasteiger partial charge in [-0.05, 0) is 12.5 Å². The quantitative estimate of drug-likeness (QED) is 0.896. The highest BCUT2D eigenvalue weighted by Crippen LogP contribution is 2.35. The number of hydrogen-bond donors (Lipinski definition) is 2. The van der Waals surface area contributed by atoms with Crippen LogP contribution in [-0.4, -0.2) is 16.6 Å². The summed E-state index contributed by atoms with van der Waals surface area (Å²) >= 11 is 0. The van der Waals surface area contributed by atoms with Crippen molar-refractivity contribution in [1.82, 2.24) is 9.97 Å². The van der Waals surface area contributed by atoms with Gasteiger partial charge in [0.15, 0.2) is 11.6 Å². The summed E-state index contributed by atoms with van der Waals surface area (Å²) in [6.45, 7) is 2.05. The average molecular weight is 305 g/mol. The molecule has 0 atom stereocenters. The summed E-state index contributed by atoms with van der Waals surface area (Å²) in [5, 5.41) is 9.18. The van der Waals surface area contributed by atoms with Crippen LogP contribution in [0.25, 0.3) is 11.3 Å². The molecule has 4 N–H and O–H groups in total. The Kier molecular flexibility index (Phi) is 4.36. The van der Waals surface area contributed by atoms with E-state index in [9.17, 15) is 14.0 Å². The molecule has 2 aromatic rings. The van der Waals surface area contributed by atoms with Gasteiger partial charge in [-0.15, -0.1) is 0 Å². The van der Waals surface area contributed by atoms with E-state index < -0.39 is 11.6 Å². The summed E-state index contributed by atoms with van der Waals surface area (Å²) in [5.74, 6) is -2.33. The molecule has 114 valence electrons. The zero-order chi connectivity index (χ0) is 16.3. The van der Waals surface area contributed by atoms with Crippen molar-refractivity contribution >= 4 is 11.8 Å². The molecule has 0 aliphatic rings. The summed E-state index contributed by atoms with van der Waals surface area (Å²) in [5.41, 5.74) is 10.9. The normalized spacial score (nSPS) is 10.3. The highest BCUT2D eigenvalue weighted by Gasteiger charge is 2.21. The first-order valence-electron chi connectivity index (χ1n) is 6.43. The fraction of sp³-hybridized carbons (Fsp3) is 0.214. The summed E-state index contributed by atoms with van der Waals surface area (Å²) < 4.78 is 32.9. The third kappa shape index (κ3) is 2.88. The molecule has 0 spiro atoms. The predicted molar refractivity (Wildman–Crippen MR) is 76.7 cm³/mol. The van der Waals surface area contributed by atoms with Crippen LogP contribution in [0.1, 0.15) is 18.9 Å². The molecular formula is C14H13F2N5O. The Morgan fingerprint density at radius 3 is 2.64 bits per heavy atom. The third-order valence-electron chi connectivity index (χ3n) is 2.78. The van der Waals surface area contributed by atoms with Crippen molar-refractivity contribution in [3.63, 3.8) is 0 Å². The van der Waals surface area contributed by atoms with Crippen LogP contribution in [-0.2, 0) is 0 Å². The second-order valence-corrected chi connectivity index (χ2v) is 4.42. The van der Waals surface area contributed by atoms with E-state index in [-0.39, 0.29) is 40.9 Å². The molecular weight excluding hydrogens is 292 g/mol. The lowest BCUT2D eigenvalue weighted by molar-refractivity contribution is 0.301. The molecule has 0 aliphatic carbocycles. The summed E-state index contributed by atoms with van der Waals surface area (Å²) in [7, 11) is 0. The molecule has 1 aromatic carbocycles. The monoisotopic (exact) mass is 305 g/mol. The minimum absolute atomic E-state index is 0.0386. The molecule has 0 saturated heterocycles.